The van der Waals surface area contributed by atoms with Crippen LogP contribution in [0.1, 0.15) is 0 Å². The van der Waals surface area contributed by atoms with E-state index >= 15 is 0 Å². The molecule has 4 heteroatoms. The van der Waals surface area contributed by atoms with E-state index in [0.717, 1.165) is 40.4 Å². The zero-order chi connectivity index (χ0) is 7.26. The van der Waals surface area contributed by atoms with Crippen molar-refractivity contribution in [3.63, 3.8) is 0 Å². The first-order chi connectivity index (χ1) is 5.45. The Morgan fingerprint density at radius 2 is 1.36 bits per heavy atom. The van der Waals surface area contributed by atoms with E-state index in [1.807, 2.05) is 0 Å². The molecule has 3 aliphatic rings. The molecule has 0 bridgehead atoms. The molecule has 3 saturated heterocycles. The molecule has 3 heterocycles. The van der Waals surface area contributed by atoms with Crippen LogP contribution in [-0.2, 0) is 0 Å². The maximum absolute atomic E-state index is 2.23. The molecule has 3 fully saturated rings. The molecule has 0 saturated carbocycles. The minimum absolute atomic E-state index is 1.06. The summed E-state index contributed by atoms with van der Waals surface area (Å²) in [6, 6.07) is 0. The van der Waals surface area contributed by atoms with Crippen molar-refractivity contribution in [2.24, 2.45) is 0 Å². The van der Waals surface area contributed by atoms with Crippen molar-refractivity contribution < 1.29 is 0 Å². The Morgan fingerprint density at radius 3 is 1.73 bits per heavy atom. The van der Waals surface area contributed by atoms with Gasteiger partial charge in [-0.25, -0.2) is 0 Å². The van der Waals surface area contributed by atoms with E-state index in [1.54, 1.807) is 4.22 Å². The van der Waals surface area contributed by atoms with Gasteiger partial charge in [-0.2, -0.15) is 0 Å². The molecule has 0 N–H and O–H groups in total. The molecule has 62 valence electrons. The average Bonchev–Trinajstić information content (AvgIpc) is 2.91. The molecule has 11 heavy (non-hydrogen) atoms. The fourth-order valence-corrected chi connectivity index (χ4v) is 15.4. The third-order valence-electron chi connectivity index (χ3n) is 2.30. The maximum atomic E-state index is 2.23. The van der Waals surface area contributed by atoms with Crippen molar-refractivity contribution in [1.82, 2.24) is 0 Å². The first-order valence-electron chi connectivity index (χ1n) is 3.91. The van der Waals surface area contributed by atoms with E-state index in [1.165, 1.54) is 21.1 Å². The quantitative estimate of drug-likeness (QED) is 0.561. The van der Waals surface area contributed by atoms with Crippen molar-refractivity contribution in [3.05, 3.63) is 0 Å². The van der Waals surface area contributed by atoms with E-state index in [9.17, 15) is 0 Å². The molecule has 0 spiro atoms. The van der Waals surface area contributed by atoms with Crippen LogP contribution >= 0.6 is 23.5 Å². The number of hydrogen-bond donors (Lipinski definition) is 0. The van der Waals surface area contributed by atoms with Gasteiger partial charge in [-0.05, 0) is 0 Å². The summed E-state index contributed by atoms with van der Waals surface area (Å²) in [4.78, 5) is 2.46. The molecule has 0 nitrogen and oxygen atoms in total. The Labute approximate surface area is 88.7 Å². The van der Waals surface area contributed by atoms with Crippen LogP contribution in [0, 0.1) is 0 Å². The summed E-state index contributed by atoms with van der Waals surface area (Å²) >= 11 is 6.58. The Kier molecular flexibility index (Phi) is 2.31. The van der Waals surface area contributed by atoms with Crippen molar-refractivity contribution in [1.29, 1.82) is 0 Å². The van der Waals surface area contributed by atoms with Crippen molar-refractivity contribution in [3.8, 4) is 0 Å². The Morgan fingerprint density at radius 1 is 0.909 bits per heavy atom. The van der Waals surface area contributed by atoms with Crippen molar-refractivity contribution in [2.45, 2.75) is 24.4 Å². The van der Waals surface area contributed by atoms with Gasteiger partial charge in [0, 0.05) is 0 Å². The Hall–Kier alpha value is 1.74. The van der Waals surface area contributed by atoms with Crippen LogP contribution in [0.3, 0.4) is 0 Å². The van der Waals surface area contributed by atoms with Crippen LogP contribution in [0.25, 0.3) is 0 Å². The number of thioether (sulfide) groups is 2. The molecule has 3 rings (SSSR count). The van der Waals surface area contributed by atoms with Crippen LogP contribution in [0.5, 0.6) is 0 Å². The van der Waals surface area contributed by atoms with Crippen LogP contribution < -0.4 is 0 Å². The van der Waals surface area contributed by atoms with Gasteiger partial charge in [0.1, 0.15) is 0 Å². The van der Waals surface area contributed by atoms with Gasteiger partial charge >= 0.3 is 89.3 Å². The monoisotopic (exact) mass is 318 g/mol. The van der Waals surface area contributed by atoms with Crippen LogP contribution in [-0.4, -0.2) is 51.9 Å². The molecule has 0 aromatic carbocycles. The molecule has 0 aliphatic carbocycles. The fourth-order valence-electron chi connectivity index (χ4n) is 1.51. The molecule has 0 radical (unpaired) electrons. The first-order valence-corrected chi connectivity index (χ1v) is 10.4. The van der Waals surface area contributed by atoms with E-state index in [-0.39, 0.29) is 0 Å². The summed E-state index contributed by atoms with van der Waals surface area (Å²) in [6.45, 7) is 0. The summed E-state index contributed by atoms with van der Waals surface area (Å²) < 4.78 is 1.66. The third kappa shape index (κ3) is 1.68. The summed E-state index contributed by atoms with van der Waals surface area (Å²) in [5, 5.41) is 2.29. The van der Waals surface area contributed by atoms with Crippen LogP contribution in [0.15, 0.2) is 0 Å². The normalized spacial score (nSPS) is 54.5. The average molecular weight is 316 g/mol. The van der Waals surface area contributed by atoms with Crippen molar-refractivity contribution >= 4 is 53.4 Å². The van der Waals surface area contributed by atoms with Gasteiger partial charge in [-0.1, -0.05) is 0 Å². The SMILES string of the molecule is C1[Se]C(C2CS2)C(C2CS2)[Se]1. The minimum atomic E-state index is 1.06. The van der Waals surface area contributed by atoms with Crippen LogP contribution in [0.2, 0.25) is 13.9 Å². The van der Waals surface area contributed by atoms with Gasteiger partial charge in [0.2, 0.25) is 0 Å². The second-order valence-electron chi connectivity index (χ2n) is 3.12. The number of hydrogen-bond acceptors (Lipinski definition) is 2. The molecular formula is C7H10S2Se2. The summed E-state index contributed by atoms with van der Waals surface area (Å²) in [5.74, 6) is 3.02. The third-order valence-corrected chi connectivity index (χ3v) is 13.7. The van der Waals surface area contributed by atoms with Gasteiger partial charge in [0.25, 0.3) is 0 Å². The van der Waals surface area contributed by atoms with E-state index in [2.05, 4.69) is 23.5 Å². The predicted molar refractivity (Wildman–Crippen MR) is 56.3 cm³/mol. The van der Waals surface area contributed by atoms with Gasteiger partial charge in [-0.15, -0.1) is 0 Å². The fraction of sp³-hybridized carbons (Fsp3) is 1.00. The zero-order valence-corrected chi connectivity index (χ0v) is 11.1. The first kappa shape index (κ1) is 8.08. The zero-order valence-electron chi connectivity index (χ0n) is 6.06. The predicted octanol–water partition coefficient (Wildman–Crippen LogP) is 1.59. The van der Waals surface area contributed by atoms with E-state index in [4.69, 9.17) is 0 Å². The van der Waals surface area contributed by atoms with Crippen molar-refractivity contribution in [2.75, 3.05) is 11.5 Å². The summed E-state index contributed by atoms with van der Waals surface area (Å²) in [5.41, 5.74) is 0. The molecule has 0 aromatic heterocycles. The number of rotatable bonds is 2. The van der Waals surface area contributed by atoms with Gasteiger partial charge in [0.05, 0.1) is 0 Å². The van der Waals surface area contributed by atoms with Gasteiger partial charge in [0.15, 0.2) is 0 Å². The molecule has 0 amide bonds. The molecular weight excluding hydrogens is 306 g/mol. The molecule has 0 aromatic rings. The molecule has 4 atom stereocenters. The van der Waals surface area contributed by atoms with E-state index < -0.39 is 0 Å². The second kappa shape index (κ2) is 3.15. The topological polar surface area (TPSA) is 0 Å². The summed E-state index contributed by atoms with van der Waals surface area (Å²) in [7, 11) is 0. The van der Waals surface area contributed by atoms with Crippen LogP contribution in [0.4, 0.5) is 0 Å². The Bertz CT molecular complexity index is 150. The van der Waals surface area contributed by atoms with Gasteiger partial charge in [-0.3, -0.25) is 0 Å². The van der Waals surface area contributed by atoms with Gasteiger partial charge < -0.3 is 0 Å². The molecule has 4 unspecified atom stereocenters. The molecule has 3 aliphatic heterocycles. The second-order valence-corrected chi connectivity index (χ2v) is 12.4. The summed E-state index contributed by atoms with van der Waals surface area (Å²) in [6.07, 6.45) is 0. The Balaban J connectivity index is 1.69. The van der Waals surface area contributed by atoms with E-state index in [0.29, 0.717) is 0 Å². The standard InChI is InChI=1S/C7H10S2Se2/c1-4(8-1)6-7(5-2-9-5)11-3-10-6/h4-7H,1-3H2.